The lowest BCUT2D eigenvalue weighted by atomic mass is 9.73. The molecule has 1 fully saturated rings. The Morgan fingerprint density at radius 1 is 1.33 bits per heavy atom. The van der Waals surface area contributed by atoms with Gasteiger partial charge in [-0.3, -0.25) is 0 Å². The van der Waals surface area contributed by atoms with E-state index in [1.165, 1.54) is 12.5 Å². The van der Waals surface area contributed by atoms with E-state index in [9.17, 15) is 8.78 Å². The standard InChI is InChI=1S/C17H25F2NS/c1-4-10-20-16-15(6-5-9-17(16,2)3)21-14-8-7-12(18)11-13(14)19/h7-8,11,15-16,20H,4-6,9-10H2,1-3H3. The van der Waals surface area contributed by atoms with E-state index >= 15 is 0 Å². The molecule has 0 radical (unpaired) electrons. The lowest BCUT2D eigenvalue weighted by Crippen LogP contribution is -2.51. The third-order valence-electron chi connectivity index (χ3n) is 4.31. The minimum Gasteiger partial charge on any atom is -0.312 e. The van der Waals surface area contributed by atoms with Crippen molar-refractivity contribution < 1.29 is 8.78 Å². The van der Waals surface area contributed by atoms with Gasteiger partial charge in [-0.1, -0.05) is 27.2 Å². The van der Waals surface area contributed by atoms with Crippen LogP contribution in [0, 0.1) is 17.0 Å². The van der Waals surface area contributed by atoms with Crippen LogP contribution in [0.1, 0.15) is 46.5 Å². The molecule has 0 spiro atoms. The average molecular weight is 313 g/mol. The molecule has 2 unspecified atom stereocenters. The lowest BCUT2D eigenvalue weighted by Gasteiger charge is -2.44. The van der Waals surface area contributed by atoms with Gasteiger partial charge in [-0.2, -0.15) is 0 Å². The minimum atomic E-state index is -0.513. The van der Waals surface area contributed by atoms with E-state index in [4.69, 9.17) is 0 Å². The van der Waals surface area contributed by atoms with Gasteiger partial charge in [-0.25, -0.2) is 8.78 Å². The van der Waals surface area contributed by atoms with E-state index in [0.717, 1.165) is 31.9 Å². The van der Waals surface area contributed by atoms with Crippen LogP contribution in [-0.2, 0) is 0 Å². The summed E-state index contributed by atoms with van der Waals surface area (Å²) in [5.74, 6) is -0.959. The Morgan fingerprint density at radius 2 is 2.10 bits per heavy atom. The predicted molar refractivity (Wildman–Crippen MR) is 85.7 cm³/mol. The average Bonchev–Trinajstić information content (AvgIpc) is 2.40. The van der Waals surface area contributed by atoms with Crippen molar-refractivity contribution in [2.75, 3.05) is 6.54 Å². The molecule has 0 heterocycles. The zero-order valence-electron chi connectivity index (χ0n) is 13.1. The first-order chi connectivity index (χ1) is 9.94. The van der Waals surface area contributed by atoms with Gasteiger partial charge in [0.1, 0.15) is 11.6 Å². The van der Waals surface area contributed by atoms with Gasteiger partial charge >= 0.3 is 0 Å². The summed E-state index contributed by atoms with van der Waals surface area (Å²) in [6.07, 6.45) is 4.52. The van der Waals surface area contributed by atoms with E-state index in [1.54, 1.807) is 17.8 Å². The van der Waals surface area contributed by atoms with Crippen LogP contribution < -0.4 is 5.32 Å². The van der Waals surface area contributed by atoms with Crippen LogP contribution in [0.25, 0.3) is 0 Å². The minimum absolute atomic E-state index is 0.210. The summed E-state index contributed by atoms with van der Waals surface area (Å²) in [7, 11) is 0. The second-order valence-corrected chi connectivity index (χ2v) is 7.82. The highest BCUT2D eigenvalue weighted by Crippen LogP contribution is 2.43. The summed E-state index contributed by atoms with van der Waals surface area (Å²) in [6.45, 7) is 7.71. The summed E-state index contributed by atoms with van der Waals surface area (Å²) >= 11 is 1.56. The number of halogens is 2. The summed E-state index contributed by atoms with van der Waals surface area (Å²) < 4.78 is 26.9. The molecule has 4 heteroatoms. The van der Waals surface area contributed by atoms with Gasteiger partial charge in [0, 0.05) is 22.3 Å². The van der Waals surface area contributed by atoms with E-state index in [1.807, 2.05) is 0 Å². The Hall–Kier alpha value is -0.610. The van der Waals surface area contributed by atoms with Gasteiger partial charge in [-0.15, -0.1) is 11.8 Å². The summed E-state index contributed by atoms with van der Waals surface area (Å²) in [5, 5.41) is 3.98. The number of thioether (sulfide) groups is 1. The largest absolute Gasteiger partial charge is 0.312 e. The van der Waals surface area contributed by atoms with Crippen LogP contribution in [0.15, 0.2) is 23.1 Å². The van der Waals surface area contributed by atoms with Crippen LogP contribution in [-0.4, -0.2) is 17.8 Å². The molecule has 1 aromatic rings. The first-order valence-corrected chi connectivity index (χ1v) is 8.67. The van der Waals surface area contributed by atoms with Crippen LogP contribution in [0.4, 0.5) is 8.78 Å². The molecule has 0 saturated heterocycles. The van der Waals surface area contributed by atoms with Gasteiger partial charge in [-0.05, 0) is 43.4 Å². The van der Waals surface area contributed by atoms with E-state index in [2.05, 4.69) is 26.1 Å². The highest BCUT2D eigenvalue weighted by molar-refractivity contribution is 8.00. The maximum absolute atomic E-state index is 13.9. The number of nitrogens with one attached hydrogen (secondary N) is 1. The first kappa shape index (κ1) is 16.8. The highest BCUT2D eigenvalue weighted by atomic mass is 32.2. The smallest absolute Gasteiger partial charge is 0.139 e. The van der Waals surface area contributed by atoms with Crippen LogP contribution in [0.3, 0.4) is 0 Å². The van der Waals surface area contributed by atoms with Crippen LogP contribution >= 0.6 is 11.8 Å². The Morgan fingerprint density at radius 3 is 2.76 bits per heavy atom. The molecule has 2 rings (SSSR count). The van der Waals surface area contributed by atoms with Crippen molar-refractivity contribution >= 4 is 11.8 Å². The Kier molecular flexibility index (Phi) is 5.67. The van der Waals surface area contributed by atoms with Crippen molar-refractivity contribution in [2.24, 2.45) is 5.41 Å². The predicted octanol–water partition coefficient (Wildman–Crippen LogP) is 5.00. The number of hydrogen-bond donors (Lipinski definition) is 1. The third-order valence-corrected chi connectivity index (χ3v) is 5.71. The first-order valence-electron chi connectivity index (χ1n) is 7.79. The SMILES string of the molecule is CCCNC1C(Sc2ccc(F)cc2F)CCCC1(C)C. The summed E-state index contributed by atoms with van der Waals surface area (Å²) in [5.41, 5.74) is 0.210. The molecular weight excluding hydrogens is 288 g/mol. The van der Waals surface area contributed by atoms with Crippen molar-refractivity contribution in [1.82, 2.24) is 5.32 Å². The second kappa shape index (κ2) is 7.10. The zero-order valence-corrected chi connectivity index (χ0v) is 13.9. The van der Waals surface area contributed by atoms with Crippen molar-refractivity contribution in [1.29, 1.82) is 0 Å². The molecular formula is C17H25F2NS. The molecule has 1 saturated carbocycles. The number of hydrogen-bond acceptors (Lipinski definition) is 2. The normalized spacial score (nSPS) is 25.0. The highest BCUT2D eigenvalue weighted by Gasteiger charge is 2.39. The zero-order chi connectivity index (χ0) is 15.5. The van der Waals surface area contributed by atoms with Crippen molar-refractivity contribution in [3.8, 4) is 0 Å². The van der Waals surface area contributed by atoms with Crippen molar-refractivity contribution in [2.45, 2.75) is 62.6 Å². The van der Waals surface area contributed by atoms with Gasteiger partial charge in [0.05, 0.1) is 0 Å². The molecule has 0 amide bonds. The molecule has 1 aliphatic carbocycles. The molecule has 1 aromatic carbocycles. The number of benzene rings is 1. The van der Waals surface area contributed by atoms with Crippen LogP contribution in [0.5, 0.6) is 0 Å². The molecule has 21 heavy (non-hydrogen) atoms. The Labute approximate surface area is 130 Å². The molecule has 118 valence electrons. The summed E-state index contributed by atoms with van der Waals surface area (Å²) in [4.78, 5) is 0.558. The fourth-order valence-corrected chi connectivity index (χ4v) is 4.68. The molecule has 1 N–H and O–H groups in total. The molecule has 0 bridgehead atoms. The molecule has 1 aliphatic rings. The Bertz CT molecular complexity index is 476. The monoisotopic (exact) mass is 313 g/mol. The maximum Gasteiger partial charge on any atom is 0.139 e. The fourth-order valence-electron chi connectivity index (χ4n) is 3.15. The lowest BCUT2D eigenvalue weighted by molar-refractivity contribution is 0.175. The maximum atomic E-state index is 13.9. The summed E-state index contributed by atoms with van der Waals surface area (Å²) in [6, 6.07) is 4.24. The molecule has 0 aliphatic heterocycles. The number of rotatable bonds is 5. The quantitative estimate of drug-likeness (QED) is 0.820. The fraction of sp³-hybridized carbons (Fsp3) is 0.647. The topological polar surface area (TPSA) is 12.0 Å². The van der Waals surface area contributed by atoms with Gasteiger partial charge < -0.3 is 5.32 Å². The molecule has 1 nitrogen and oxygen atoms in total. The van der Waals surface area contributed by atoms with Gasteiger partial charge in [0.25, 0.3) is 0 Å². The van der Waals surface area contributed by atoms with Crippen molar-refractivity contribution in [3.63, 3.8) is 0 Å². The van der Waals surface area contributed by atoms with E-state index in [0.29, 0.717) is 16.2 Å². The third kappa shape index (κ3) is 4.19. The van der Waals surface area contributed by atoms with E-state index < -0.39 is 11.6 Å². The van der Waals surface area contributed by atoms with Gasteiger partial charge in [0.15, 0.2) is 0 Å². The molecule has 2 atom stereocenters. The Balaban J connectivity index is 2.15. The second-order valence-electron chi connectivity index (χ2n) is 6.54. The molecule has 0 aromatic heterocycles. The van der Waals surface area contributed by atoms with Crippen LogP contribution in [0.2, 0.25) is 0 Å². The van der Waals surface area contributed by atoms with E-state index in [-0.39, 0.29) is 5.41 Å². The van der Waals surface area contributed by atoms with Gasteiger partial charge in [0.2, 0.25) is 0 Å². The van der Waals surface area contributed by atoms with Crippen molar-refractivity contribution in [3.05, 3.63) is 29.8 Å².